The molecule has 0 spiro atoms. The van der Waals surface area contributed by atoms with E-state index in [0.717, 1.165) is 0 Å². The van der Waals surface area contributed by atoms with Gasteiger partial charge in [-0.3, -0.25) is 4.79 Å². The monoisotopic (exact) mass is 314 g/mol. The lowest BCUT2D eigenvalue weighted by Crippen LogP contribution is -2.18. The molecule has 2 rings (SSSR count). The first-order chi connectivity index (χ1) is 10.9. The number of esters is 1. The molecule has 2 aromatic rings. The Balaban J connectivity index is 2.14. The molecule has 1 amide bonds. The fraction of sp³-hybridized carbons (Fsp3) is 0.250. The number of carbonyl (C=O) groups excluding carboxylic acids is 2. The van der Waals surface area contributed by atoms with E-state index in [1.807, 2.05) is 14.1 Å². The third-order valence-corrected chi connectivity index (χ3v) is 3.18. The standard InChI is InChI=1S/C16H18N4O3/c1-10-13(9-17-16(18-10)20(2)3)14(21)19-12-7-5-11(6-8-12)15(22)23-4/h5-9H,1-4H3,(H,19,21). The lowest BCUT2D eigenvalue weighted by Gasteiger charge is -2.12. The summed E-state index contributed by atoms with van der Waals surface area (Å²) in [5.41, 5.74) is 1.97. The Morgan fingerprint density at radius 2 is 1.83 bits per heavy atom. The lowest BCUT2D eigenvalue weighted by molar-refractivity contribution is 0.0600. The van der Waals surface area contributed by atoms with Crippen LogP contribution >= 0.6 is 0 Å². The summed E-state index contributed by atoms with van der Waals surface area (Å²) in [6.45, 7) is 1.75. The molecule has 0 saturated heterocycles. The van der Waals surface area contributed by atoms with E-state index in [1.165, 1.54) is 13.3 Å². The number of aromatic nitrogens is 2. The molecule has 0 saturated carbocycles. The summed E-state index contributed by atoms with van der Waals surface area (Å²) in [4.78, 5) is 33.8. The van der Waals surface area contributed by atoms with Crippen molar-refractivity contribution in [2.24, 2.45) is 0 Å². The predicted molar refractivity (Wildman–Crippen MR) is 86.8 cm³/mol. The van der Waals surface area contributed by atoms with Gasteiger partial charge in [0.25, 0.3) is 5.91 Å². The number of carbonyl (C=O) groups is 2. The van der Waals surface area contributed by atoms with Gasteiger partial charge in [0.05, 0.1) is 23.9 Å². The highest BCUT2D eigenvalue weighted by molar-refractivity contribution is 6.05. The molecule has 0 aliphatic heterocycles. The number of anilines is 2. The number of hydrogen-bond acceptors (Lipinski definition) is 6. The Hall–Kier alpha value is -2.96. The summed E-state index contributed by atoms with van der Waals surface area (Å²) in [6, 6.07) is 6.43. The van der Waals surface area contributed by atoms with E-state index in [1.54, 1.807) is 36.1 Å². The Kier molecular flexibility index (Phi) is 4.90. The number of nitrogens with zero attached hydrogens (tertiary/aromatic N) is 3. The molecule has 0 aliphatic rings. The molecule has 1 aromatic carbocycles. The minimum absolute atomic E-state index is 0.307. The van der Waals surface area contributed by atoms with E-state index in [0.29, 0.717) is 28.5 Å². The van der Waals surface area contributed by atoms with Gasteiger partial charge in [0.1, 0.15) is 0 Å². The van der Waals surface area contributed by atoms with Crippen LogP contribution in [0.1, 0.15) is 26.4 Å². The van der Waals surface area contributed by atoms with E-state index >= 15 is 0 Å². The first-order valence-electron chi connectivity index (χ1n) is 6.93. The highest BCUT2D eigenvalue weighted by Crippen LogP contribution is 2.14. The Morgan fingerprint density at radius 3 is 2.35 bits per heavy atom. The summed E-state index contributed by atoms with van der Waals surface area (Å²) in [7, 11) is 4.98. The van der Waals surface area contributed by atoms with Crippen molar-refractivity contribution >= 4 is 23.5 Å². The fourth-order valence-corrected chi connectivity index (χ4v) is 1.90. The van der Waals surface area contributed by atoms with Crippen LogP contribution in [-0.4, -0.2) is 43.0 Å². The maximum Gasteiger partial charge on any atom is 0.337 e. The molecule has 1 N–H and O–H groups in total. The Morgan fingerprint density at radius 1 is 1.17 bits per heavy atom. The summed E-state index contributed by atoms with van der Waals surface area (Å²) < 4.78 is 4.63. The van der Waals surface area contributed by atoms with Gasteiger partial charge in [-0.25, -0.2) is 14.8 Å². The molecule has 1 heterocycles. The number of ether oxygens (including phenoxy) is 1. The van der Waals surface area contributed by atoms with Crippen molar-refractivity contribution in [2.75, 3.05) is 31.4 Å². The normalized spacial score (nSPS) is 10.1. The molecule has 0 fully saturated rings. The third kappa shape index (κ3) is 3.82. The van der Waals surface area contributed by atoms with Gasteiger partial charge in [-0.2, -0.15) is 0 Å². The number of aryl methyl sites for hydroxylation is 1. The molecular weight excluding hydrogens is 296 g/mol. The van der Waals surface area contributed by atoms with Gasteiger partial charge in [0, 0.05) is 26.0 Å². The van der Waals surface area contributed by atoms with E-state index in [-0.39, 0.29) is 5.91 Å². The molecule has 7 heteroatoms. The van der Waals surface area contributed by atoms with Crippen LogP contribution in [0, 0.1) is 6.92 Å². The Bertz CT molecular complexity index is 727. The quantitative estimate of drug-likeness (QED) is 0.868. The van der Waals surface area contributed by atoms with Gasteiger partial charge in [-0.1, -0.05) is 0 Å². The smallest absolute Gasteiger partial charge is 0.337 e. The summed E-state index contributed by atoms with van der Waals surface area (Å²) in [5, 5.41) is 2.75. The van der Waals surface area contributed by atoms with Crippen molar-refractivity contribution in [1.29, 1.82) is 0 Å². The van der Waals surface area contributed by atoms with Crippen molar-refractivity contribution in [3.05, 3.63) is 47.3 Å². The third-order valence-electron chi connectivity index (χ3n) is 3.18. The van der Waals surface area contributed by atoms with Gasteiger partial charge in [0.2, 0.25) is 5.95 Å². The van der Waals surface area contributed by atoms with Gasteiger partial charge < -0.3 is 15.0 Å². The SMILES string of the molecule is COC(=O)c1ccc(NC(=O)c2cnc(N(C)C)nc2C)cc1. The first kappa shape index (κ1) is 16.4. The van der Waals surface area contributed by atoms with Gasteiger partial charge in [-0.15, -0.1) is 0 Å². The lowest BCUT2D eigenvalue weighted by atomic mass is 10.2. The van der Waals surface area contributed by atoms with Crippen LogP contribution in [0.3, 0.4) is 0 Å². The average Bonchev–Trinajstić information content (AvgIpc) is 2.54. The van der Waals surface area contributed by atoms with E-state index in [9.17, 15) is 9.59 Å². The zero-order chi connectivity index (χ0) is 17.0. The van der Waals surface area contributed by atoms with E-state index in [2.05, 4.69) is 20.0 Å². The molecule has 7 nitrogen and oxygen atoms in total. The maximum atomic E-state index is 12.3. The van der Waals surface area contributed by atoms with E-state index in [4.69, 9.17) is 0 Å². The highest BCUT2D eigenvalue weighted by Gasteiger charge is 2.13. The van der Waals surface area contributed by atoms with Crippen LogP contribution in [0.25, 0.3) is 0 Å². The van der Waals surface area contributed by atoms with Crippen LogP contribution in [0.5, 0.6) is 0 Å². The second-order valence-corrected chi connectivity index (χ2v) is 5.09. The van der Waals surface area contributed by atoms with Crippen molar-refractivity contribution in [1.82, 2.24) is 9.97 Å². The van der Waals surface area contributed by atoms with E-state index < -0.39 is 5.97 Å². The second kappa shape index (κ2) is 6.87. The second-order valence-electron chi connectivity index (χ2n) is 5.09. The molecule has 0 bridgehead atoms. The zero-order valence-electron chi connectivity index (χ0n) is 13.5. The van der Waals surface area contributed by atoms with Crippen molar-refractivity contribution in [2.45, 2.75) is 6.92 Å². The first-order valence-corrected chi connectivity index (χ1v) is 6.93. The van der Waals surface area contributed by atoms with Crippen LogP contribution in [0.2, 0.25) is 0 Å². The topological polar surface area (TPSA) is 84.4 Å². The minimum atomic E-state index is -0.425. The number of methoxy groups -OCH3 is 1. The zero-order valence-corrected chi connectivity index (χ0v) is 13.5. The van der Waals surface area contributed by atoms with Gasteiger partial charge >= 0.3 is 5.97 Å². The van der Waals surface area contributed by atoms with Crippen molar-refractivity contribution in [3.8, 4) is 0 Å². The number of hydrogen-bond donors (Lipinski definition) is 1. The van der Waals surface area contributed by atoms with Crippen molar-refractivity contribution in [3.63, 3.8) is 0 Å². The molecule has 120 valence electrons. The fourth-order valence-electron chi connectivity index (χ4n) is 1.90. The molecule has 23 heavy (non-hydrogen) atoms. The summed E-state index contributed by atoms with van der Waals surface area (Å²) >= 11 is 0. The Labute approximate surface area is 134 Å². The largest absolute Gasteiger partial charge is 0.465 e. The molecule has 0 aliphatic carbocycles. The average molecular weight is 314 g/mol. The molecular formula is C16H18N4O3. The number of rotatable bonds is 4. The summed E-state index contributed by atoms with van der Waals surface area (Å²) in [6.07, 6.45) is 1.50. The molecule has 0 radical (unpaired) electrons. The number of benzene rings is 1. The minimum Gasteiger partial charge on any atom is -0.465 e. The predicted octanol–water partition coefficient (Wildman–Crippen LogP) is 1.89. The van der Waals surface area contributed by atoms with Crippen LogP contribution in [0.4, 0.5) is 11.6 Å². The van der Waals surface area contributed by atoms with Crippen LogP contribution in [-0.2, 0) is 4.74 Å². The molecule has 0 unspecified atom stereocenters. The van der Waals surface area contributed by atoms with Crippen LogP contribution in [0.15, 0.2) is 30.5 Å². The highest BCUT2D eigenvalue weighted by atomic mass is 16.5. The number of nitrogens with one attached hydrogen (secondary N) is 1. The van der Waals surface area contributed by atoms with Crippen molar-refractivity contribution < 1.29 is 14.3 Å². The number of amides is 1. The maximum absolute atomic E-state index is 12.3. The van der Waals surface area contributed by atoms with Crippen LogP contribution < -0.4 is 10.2 Å². The molecule has 0 atom stereocenters. The van der Waals surface area contributed by atoms with Gasteiger partial charge in [0.15, 0.2) is 0 Å². The van der Waals surface area contributed by atoms with Gasteiger partial charge in [-0.05, 0) is 31.2 Å². The summed E-state index contributed by atoms with van der Waals surface area (Å²) in [5.74, 6) is -0.188. The molecule has 1 aromatic heterocycles.